The highest BCUT2D eigenvalue weighted by Crippen LogP contribution is 2.12. The van der Waals surface area contributed by atoms with Crippen LogP contribution in [0.1, 0.15) is 5.56 Å². The van der Waals surface area contributed by atoms with E-state index in [-0.39, 0.29) is 11.7 Å². The molecule has 0 amide bonds. The Morgan fingerprint density at radius 2 is 2.33 bits per heavy atom. The predicted octanol–water partition coefficient (Wildman–Crippen LogP) is 0.0648. The molecule has 0 aromatic carbocycles. The van der Waals surface area contributed by atoms with Crippen LogP contribution in [0.4, 0.5) is 5.82 Å². The van der Waals surface area contributed by atoms with Crippen LogP contribution in [0.15, 0.2) is 11.4 Å². The number of nitrogens with zero attached hydrogens (tertiary/aromatic N) is 2. The third-order valence-electron chi connectivity index (χ3n) is 1.27. The summed E-state index contributed by atoms with van der Waals surface area (Å²) in [5.41, 5.74) is 11.1. The van der Waals surface area contributed by atoms with Gasteiger partial charge in [0.2, 0.25) is 0 Å². The molecule has 1 heterocycles. The Balaban J connectivity index is 3.12. The minimum absolute atomic E-state index is 0.111. The highest BCUT2D eigenvalue weighted by atomic mass is 32.2. The summed E-state index contributed by atoms with van der Waals surface area (Å²) in [7, 11) is 0. The quantitative estimate of drug-likeness (QED) is 0.260. The van der Waals surface area contributed by atoms with Crippen LogP contribution in [-0.4, -0.2) is 22.1 Å². The van der Waals surface area contributed by atoms with Gasteiger partial charge in [-0.2, -0.15) is 0 Å². The van der Waals surface area contributed by atoms with E-state index < -0.39 is 0 Å². The Labute approximate surface area is 74.1 Å². The minimum Gasteiger partial charge on any atom is -0.384 e. The monoisotopic (exact) mass is 183 g/mol. The number of nitrogens with two attached hydrogens (primary N) is 2. The number of nitrogens with one attached hydrogen (secondary N) is 1. The van der Waals surface area contributed by atoms with Crippen molar-refractivity contribution in [2.45, 2.75) is 5.16 Å². The third-order valence-corrected chi connectivity index (χ3v) is 1.83. The lowest BCUT2D eigenvalue weighted by molar-refractivity contribution is 0.973. The fourth-order valence-corrected chi connectivity index (χ4v) is 1.03. The van der Waals surface area contributed by atoms with Gasteiger partial charge in [-0.05, 0) is 6.26 Å². The van der Waals surface area contributed by atoms with E-state index >= 15 is 0 Å². The number of aromatic nitrogens is 2. The Bertz CT molecular complexity index is 311. The molecule has 0 aliphatic rings. The number of nitrogen functional groups attached to an aromatic ring is 2. The maximum absolute atomic E-state index is 7.11. The largest absolute Gasteiger partial charge is 0.384 e. The summed E-state index contributed by atoms with van der Waals surface area (Å²) in [6, 6.07) is 0. The normalized spacial score (nSPS) is 9.75. The second kappa shape index (κ2) is 3.40. The summed E-state index contributed by atoms with van der Waals surface area (Å²) < 4.78 is 0. The topological polar surface area (TPSA) is 102 Å². The maximum Gasteiger partial charge on any atom is 0.189 e. The molecule has 0 saturated heterocycles. The number of hydrogen-bond acceptors (Lipinski definition) is 5. The fraction of sp³-hybridized carbons (Fsp3) is 0.167. The lowest BCUT2D eigenvalue weighted by Gasteiger charge is -2.02. The van der Waals surface area contributed by atoms with Gasteiger partial charge in [0.15, 0.2) is 5.16 Å². The van der Waals surface area contributed by atoms with E-state index in [0.717, 1.165) is 0 Å². The summed E-state index contributed by atoms with van der Waals surface area (Å²) in [6.45, 7) is 0. The smallest absolute Gasteiger partial charge is 0.189 e. The minimum atomic E-state index is -0.111. The average molecular weight is 183 g/mol. The molecule has 0 bridgehead atoms. The molecule has 64 valence electrons. The van der Waals surface area contributed by atoms with Crippen molar-refractivity contribution < 1.29 is 0 Å². The van der Waals surface area contributed by atoms with Crippen molar-refractivity contribution >= 4 is 23.4 Å². The zero-order chi connectivity index (χ0) is 9.14. The molecule has 6 heteroatoms. The molecule has 0 spiro atoms. The molecule has 0 aliphatic heterocycles. The zero-order valence-electron chi connectivity index (χ0n) is 6.53. The molecule has 0 fully saturated rings. The second-order valence-electron chi connectivity index (χ2n) is 2.07. The molecule has 0 radical (unpaired) electrons. The van der Waals surface area contributed by atoms with Gasteiger partial charge < -0.3 is 11.5 Å². The first kappa shape index (κ1) is 8.79. The highest BCUT2D eigenvalue weighted by Gasteiger charge is 2.04. The van der Waals surface area contributed by atoms with E-state index in [2.05, 4.69) is 9.97 Å². The van der Waals surface area contributed by atoms with Crippen LogP contribution < -0.4 is 11.5 Å². The summed E-state index contributed by atoms with van der Waals surface area (Å²) in [4.78, 5) is 7.85. The Morgan fingerprint density at radius 1 is 1.67 bits per heavy atom. The molecule has 1 rings (SSSR count). The van der Waals surface area contributed by atoms with Crippen molar-refractivity contribution in [2.75, 3.05) is 12.0 Å². The highest BCUT2D eigenvalue weighted by molar-refractivity contribution is 7.98. The molecule has 5 nitrogen and oxygen atoms in total. The number of anilines is 1. The van der Waals surface area contributed by atoms with Gasteiger partial charge in [0.05, 0.1) is 5.56 Å². The average Bonchev–Trinajstić information content (AvgIpc) is 2.03. The Morgan fingerprint density at radius 3 is 2.75 bits per heavy atom. The Kier molecular flexibility index (Phi) is 2.49. The van der Waals surface area contributed by atoms with Crippen LogP contribution in [0.3, 0.4) is 0 Å². The number of amidine groups is 1. The van der Waals surface area contributed by atoms with E-state index in [1.807, 2.05) is 6.26 Å². The summed E-state index contributed by atoms with van der Waals surface area (Å²) in [5, 5.41) is 7.70. The SMILES string of the molecule is CSc1ncc(C(=N)N)c(N)n1. The summed E-state index contributed by atoms with van der Waals surface area (Å²) in [6.07, 6.45) is 3.30. The van der Waals surface area contributed by atoms with Gasteiger partial charge >= 0.3 is 0 Å². The van der Waals surface area contributed by atoms with Crippen LogP contribution in [0.25, 0.3) is 0 Å². The van der Waals surface area contributed by atoms with Crippen LogP contribution in [-0.2, 0) is 0 Å². The summed E-state index contributed by atoms with van der Waals surface area (Å²) in [5.74, 6) is 0.141. The summed E-state index contributed by atoms with van der Waals surface area (Å²) >= 11 is 1.39. The molecular weight excluding hydrogens is 174 g/mol. The lowest BCUT2D eigenvalue weighted by atomic mass is 10.3. The van der Waals surface area contributed by atoms with Gasteiger partial charge in [-0.1, -0.05) is 11.8 Å². The van der Waals surface area contributed by atoms with Crippen molar-refractivity contribution in [2.24, 2.45) is 5.73 Å². The van der Waals surface area contributed by atoms with Crippen molar-refractivity contribution in [3.63, 3.8) is 0 Å². The molecular formula is C6H9N5S. The van der Waals surface area contributed by atoms with Gasteiger partial charge in [0.1, 0.15) is 11.7 Å². The zero-order valence-corrected chi connectivity index (χ0v) is 7.35. The van der Waals surface area contributed by atoms with Crippen molar-refractivity contribution in [1.29, 1.82) is 5.41 Å². The van der Waals surface area contributed by atoms with Gasteiger partial charge in [0.25, 0.3) is 0 Å². The van der Waals surface area contributed by atoms with Gasteiger partial charge in [-0.15, -0.1) is 0 Å². The van der Waals surface area contributed by atoms with Crippen LogP contribution in [0, 0.1) is 5.41 Å². The van der Waals surface area contributed by atoms with E-state index in [9.17, 15) is 0 Å². The van der Waals surface area contributed by atoms with Gasteiger partial charge in [-0.25, -0.2) is 9.97 Å². The van der Waals surface area contributed by atoms with E-state index in [1.165, 1.54) is 18.0 Å². The van der Waals surface area contributed by atoms with Gasteiger partial charge in [-0.3, -0.25) is 5.41 Å². The molecule has 1 aromatic heterocycles. The van der Waals surface area contributed by atoms with Crippen molar-refractivity contribution in [3.8, 4) is 0 Å². The first-order valence-electron chi connectivity index (χ1n) is 3.16. The van der Waals surface area contributed by atoms with Gasteiger partial charge in [0, 0.05) is 6.20 Å². The van der Waals surface area contributed by atoms with E-state index in [4.69, 9.17) is 16.9 Å². The van der Waals surface area contributed by atoms with Crippen molar-refractivity contribution in [1.82, 2.24) is 9.97 Å². The maximum atomic E-state index is 7.11. The Hall–Kier alpha value is -1.30. The third kappa shape index (κ3) is 1.65. The van der Waals surface area contributed by atoms with E-state index in [1.54, 1.807) is 0 Å². The molecule has 12 heavy (non-hydrogen) atoms. The molecule has 0 atom stereocenters. The molecule has 5 N–H and O–H groups in total. The van der Waals surface area contributed by atoms with E-state index in [0.29, 0.717) is 10.7 Å². The molecule has 0 unspecified atom stereocenters. The number of hydrogen-bond donors (Lipinski definition) is 3. The molecule has 0 aliphatic carbocycles. The molecule has 0 saturated carbocycles. The number of thioether (sulfide) groups is 1. The predicted molar refractivity (Wildman–Crippen MR) is 49.2 cm³/mol. The first-order valence-corrected chi connectivity index (χ1v) is 4.38. The first-order chi connectivity index (χ1) is 5.65. The molecule has 1 aromatic rings. The van der Waals surface area contributed by atoms with Crippen LogP contribution in [0.2, 0.25) is 0 Å². The standard InChI is InChI=1S/C6H9N5S/c1-12-6-10-2-3(4(7)8)5(9)11-6/h2H,1H3,(H3,7,8)(H2,9,10,11). The van der Waals surface area contributed by atoms with Crippen LogP contribution >= 0.6 is 11.8 Å². The fourth-order valence-electron chi connectivity index (χ4n) is 0.684. The second-order valence-corrected chi connectivity index (χ2v) is 2.84. The van der Waals surface area contributed by atoms with Crippen LogP contribution in [0.5, 0.6) is 0 Å². The van der Waals surface area contributed by atoms with Crippen molar-refractivity contribution in [3.05, 3.63) is 11.8 Å². The lowest BCUT2D eigenvalue weighted by Crippen LogP contribution is -2.15. The number of rotatable bonds is 2.